The van der Waals surface area contributed by atoms with E-state index in [-0.39, 0.29) is 36.3 Å². The minimum absolute atomic E-state index is 0.0293. The molecule has 35 heavy (non-hydrogen) atoms. The van der Waals surface area contributed by atoms with E-state index in [2.05, 4.69) is 24.3 Å². The lowest BCUT2D eigenvalue weighted by atomic mass is 9.83. The summed E-state index contributed by atoms with van der Waals surface area (Å²) in [4.78, 5) is 15.0. The smallest absolute Gasteiger partial charge is 0.410 e. The number of halogens is 3. The highest BCUT2D eigenvalue weighted by molar-refractivity contribution is 5.79. The predicted molar refractivity (Wildman–Crippen MR) is 127 cm³/mol. The van der Waals surface area contributed by atoms with Gasteiger partial charge in [0, 0.05) is 23.6 Å². The quantitative estimate of drug-likeness (QED) is 0.380. The molecule has 1 amide bonds. The lowest BCUT2D eigenvalue weighted by molar-refractivity contribution is 0.0538. The molecule has 6 heteroatoms. The number of carbonyl (C=O) groups is 1. The molecule has 2 atom stereocenters. The van der Waals surface area contributed by atoms with Crippen molar-refractivity contribution in [3.63, 3.8) is 0 Å². The summed E-state index contributed by atoms with van der Waals surface area (Å²) >= 11 is 0. The largest absolute Gasteiger partial charge is 0.448 e. The van der Waals surface area contributed by atoms with E-state index in [0.717, 1.165) is 36.5 Å². The topological polar surface area (TPSA) is 29.5 Å². The van der Waals surface area contributed by atoms with Crippen LogP contribution in [0.2, 0.25) is 0 Å². The minimum atomic E-state index is -1.21. The Morgan fingerprint density at radius 2 is 1.51 bits per heavy atom. The van der Waals surface area contributed by atoms with Crippen molar-refractivity contribution >= 4 is 11.7 Å². The zero-order chi connectivity index (χ0) is 24.1. The van der Waals surface area contributed by atoms with Crippen LogP contribution in [-0.2, 0) is 4.74 Å². The Morgan fingerprint density at radius 1 is 0.857 bits per heavy atom. The van der Waals surface area contributed by atoms with E-state index >= 15 is 0 Å². The molecular weight excluding hydrogens is 451 g/mol. The van der Waals surface area contributed by atoms with Crippen molar-refractivity contribution in [3.05, 3.63) is 101 Å². The summed E-state index contributed by atoms with van der Waals surface area (Å²) in [6.45, 7) is 0.233. The maximum absolute atomic E-state index is 14.4. The van der Waals surface area contributed by atoms with E-state index in [9.17, 15) is 18.0 Å². The van der Waals surface area contributed by atoms with E-state index < -0.39 is 17.5 Å². The SMILES string of the molecule is O=C(OCC1c2ccccc2-c2ccccc21)N1C2C=C(c3cc(F)c(F)cc3F)CC1CCC2. The van der Waals surface area contributed by atoms with Crippen LogP contribution in [-0.4, -0.2) is 29.7 Å². The van der Waals surface area contributed by atoms with Gasteiger partial charge >= 0.3 is 6.09 Å². The number of fused-ring (bicyclic) bond motifs is 5. The Kier molecular flexibility index (Phi) is 5.39. The van der Waals surface area contributed by atoms with Gasteiger partial charge in [-0.25, -0.2) is 18.0 Å². The first-order valence-electron chi connectivity index (χ1n) is 12.0. The number of hydrogen-bond acceptors (Lipinski definition) is 2. The second-order valence-electron chi connectivity index (χ2n) is 9.51. The van der Waals surface area contributed by atoms with Gasteiger partial charge in [0.2, 0.25) is 0 Å². The molecule has 2 unspecified atom stereocenters. The molecule has 0 saturated carbocycles. The molecule has 3 aromatic carbocycles. The standard InChI is InChI=1S/C29H24F3NO2/c30-26-15-28(32)27(31)14-24(26)17-12-18-6-5-7-19(13-17)33(18)29(34)35-16-25-22-10-3-1-8-20(22)21-9-2-4-11-23(21)25/h1-4,8-12,14-15,18-19,25H,5-7,13,16H2. The third kappa shape index (κ3) is 3.72. The number of benzene rings is 3. The van der Waals surface area contributed by atoms with Gasteiger partial charge in [-0.3, -0.25) is 4.90 Å². The molecule has 2 heterocycles. The fraction of sp³-hybridized carbons (Fsp3) is 0.276. The third-order valence-corrected chi connectivity index (χ3v) is 7.54. The van der Waals surface area contributed by atoms with Crippen LogP contribution in [0.25, 0.3) is 16.7 Å². The first kappa shape index (κ1) is 22.0. The van der Waals surface area contributed by atoms with E-state index in [1.54, 1.807) is 4.90 Å². The summed E-state index contributed by atoms with van der Waals surface area (Å²) in [6.07, 6.45) is 4.21. The molecule has 6 rings (SSSR count). The van der Waals surface area contributed by atoms with Crippen molar-refractivity contribution in [1.82, 2.24) is 4.90 Å². The second kappa shape index (κ2) is 8.59. The van der Waals surface area contributed by atoms with Gasteiger partial charge in [0.15, 0.2) is 11.6 Å². The highest BCUT2D eigenvalue weighted by Gasteiger charge is 2.39. The molecule has 3 aliphatic rings. The van der Waals surface area contributed by atoms with Crippen molar-refractivity contribution in [2.75, 3.05) is 6.61 Å². The molecule has 3 aromatic rings. The number of nitrogens with zero attached hydrogens (tertiary/aromatic N) is 1. The van der Waals surface area contributed by atoms with Gasteiger partial charge in [-0.15, -0.1) is 0 Å². The van der Waals surface area contributed by atoms with Crippen LogP contribution in [0.5, 0.6) is 0 Å². The van der Waals surface area contributed by atoms with Crippen molar-refractivity contribution in [1.29, 1.82) is 0 Å². The Hall–Kier alpha value is -3.54. The molecule has 2 aliphatic heterocycles. The summed E-state index contributed by atoms with van der Waals surface area (Å²) in [6, 6.07) is 17.4. The van der Waals surface area contributed by atoms with Gasteiger partial charge in [0.05, 0.1) is 6.04 Å². The van der Waals surface area contributed by atoms with Crippen molar-refractivity contribution in [3.8, 4) is 11.1 Å². The molecule has 0 N–H and O–H groups in total. The Morgan fingerprint density at radius 3 is 2.20 bits per heavy atom. The van der Waals surface area contributed by atoms with Crippen LogP contribution >= 0.6 is 0 Å². The van der Waals surface area contributed by atoms with Crippen LogP contribution in [0.15, 0.2) is 66.7 Å². The fourth-order valence-electron chi connectivity index (χ4n) is 5.95. The Labute approximate surface area is 201 Å². The summed E-state index contributed by atoms with van der Waals surface area (Å²) < 4.78 is 47.6. The molecule has 178 valence electrons. The third-order valence-electron chi connectivity index (χ3n) is 7.54. The number of rotatable bonds is 3. The van der Waals surface area contributed by atoms with Crippen LogP contribution < -0.4 is 0 Å². The van der Waals surface area contributed by atoms with E-state index in [1.165, 1.54) is 11.1 Å². The molecule has 2 bridgehead atoms. The monoisotopic (exact) mass is 475 g/mol. The summed E-state index contributed by atoms with van der Waals surface area (Å²) in [5, 5.41) is 0. The van der Waals surface area contributed by atoms with Crippen LogP contribution in [0.1, 0.15) is 48.3 Å². The molecule has 1 aliphatic carbocycles. The molecule has 3 nitrogen and oxygen atoms in total. The van der Waals surface area contributed by atoms with Crippen molar-refractivity contribution in [2.24, 2.45) is 0 Å². The Bertz CT molecular complexity index is 1310. The second-order valence-corrected chi connectivity index (χ2v) is 9.51. The van der Waals surface area contributed by atoms with E-state index in [0.29, 0.717) is 18.1 Å². The van der Waals surface area contributed by atoms with Gasteiger partial charge in [-0.2, -0.15) is 0 Å². The fourth-order valence-corrected chi connectivity index (χ4v) is 5.95. The summed E-state index contributed by atoms with van der Waals surface area (Å²) in [5.74, 6) is -3.10. The summed E-state index contributed by atoms with van der Waals surface area (Å²) in [7, 11) is 0. The number of piperidine rings is 1. The van der Waals surface area contributed by atoms with Gasteiger partial charge in [-0.05, 0) is 59.6 Å². The molecule has 1 fully saturated rings. The van der Waals surface area contributed by atoms with Crippen molar-refractivity contribution in [2.45, 2.75) is 43.7 Å². The van der Waals surface area contributed by atoms with Gasteiger partial charge in [-0.1, -0.05) is 54.6 Å². The average Bonchev–Trinajstić information content (AvgIpc) is 3.18. The van der Waals surface area contributed by atoms with Crippen LogP contribution in [0.4, 0.5) is 18.0 Å². The highest BCUT2D eigenvalue weighted by atomic mass is 19.2. The van der Waals surface area contributed by atoms with E-state index in [1.807, 2.05) is 30.3 Å². The zero-order valence-corrected chi connectivity index (χ0v) is 19.0. The molecular formula is C29H24F3NO2. The lowest BCUT2D eigenvalue weighted by Gasteiger charge is -2.44. The number of carbonyl (C=O) groups excluding carboxylic acids is 1. The van der Waals surface area contributed by atoms with Gasteiger partial charge in [0.1, 0.15) is 12.4 Å². The first-order valence-corrected chi connectivity index (χ1v) is 12.0. The van der Waals surface area contributed by atoms with Crippen LogP contribution in [0.3, 0.4) is 0 Å². The minimum Gasteiger partial charge on any atom is -0.448 e. The predicted octanol–water partition coefficient (Wildman–Crippen LogP) is 7.06. The average molecular weight is 476 g/mol. The number of ether oxygens (including phenoxy) is 1. The first-order chi connectivity index (χ1) is 17.0. The van der Waals surface area contributed by atoms with Gasteiger partial charge in [0.25, 0.3) is 0 Å². The summed E-state index contributed by atoms with van der Waals surface area (Å²) in [5.41, 5.74) is 5.31. The van der Waals surface area contributed by atoms with Crippen LogP contribution in [0, 0.1) is 17.5 Å². The number of amides is 1. The van der Waals surface area contributed by atoms with Crippen molar-refractivity contribution < 1.29 is 22.7 Å². The normalized spacial score (nSPS) is 20.8. The number of hydrogen-bond donors (Lipinski definition) is 0. The highest BCUT2D eigenvalue weighted by Crippen LogP contribution is 2.45. The maximum atomic E-state index is 14.4. The van der Waals surface area contributed by atoms with E-state index in [4.69, 9.17) is 4.74 Å². The maximum Gasteiger partial charge on any atom is 0.410 e. The lowest BCUT2D eigenvalue weighted by Crippen LogP contribution is -2.52. The molecule has 0 aromatic heterocycles. The Balaban J connectivity index is 1.23. The molecule has 1 saturated heterocycles. The molecule has 0 spiro atoms. The van der Waals surface area contributed by atoms with Gasteiger partial charge < -0.3 is 4.74 Å². The molecule has 0 radical (unpaired) electrons. The zero-order valence-electron chi connectivity index (χ0n) is 19.0.